The Morgan fingerprint density at radius 2 is 0.869 bits per heavy atom. The molecule has 61 heavy (non-hydrogen) atoms. The van der Waals surface area contributed by atoms with Crippen LogP contribution in [0.15, 0.2) is 212 Å². The van der Waals surface area contributed by atoms with Gasteiger partial charge < -0.3 is 0 Å². The van der Waals surface area contributed by atoms with Crippen LogP contribution < -0.4 is 0 Å². The Labute approximate surface area is 351 Å². The normalized spacial score (nSPS) is 11.6. The van der Waals surface area contributed by atoms with Crippen molar-refractivity contribution in [2.24, 2.45) is 0 Å². The van der Waals surface area contributed by atoms with Gasteiger partial charge in [0.25, 0.3) is 0 Å². The molecular weight excluding hydrogens is 743 g/mol. The highest BCUT2D eigenvalue weighted by molar-refractivity contribution is 6.17. The zero-order valence-corrected chi connectivity index (χ0v) is 32.9. The number of rotatable bonds is 6. The average Bonchev–Trinajstić information content (AvgIpc) is 3.75. The smallest absolute Gasteiger partial charge is 0.101 e. The second-order valence-electron chi connectivity index (χ2n) is 15.5. The molecule has 0 N–H and O–H groups in total. The molecule has 284 valence electrons. The summed E-state index contributed by atoms with van der Waals surface area (Å²) in [5.41, 5.74) is 15.1. The molecule has 0 fully saturated rings. The van der Waals surface area contributed by atoms with E-state index < -0.39 is 0 Å². The Bertz CT molecular complexity index is 3620. The molecule has 0 atom stereocenters. The van der Waals surface area contributed by atoms with Crippen LogP contribution in [0.1, 0.15) is 0 Å². The van der Waals surface area contributed by atoms with Gasteiger partial charge in [0.2, 0.25) is 0 Å². The van der Waals surface area contributed by atoms with Gasteiger partial charge in [0.1, 0.15) is 5.69 Å². The van der Waals surface area contributed by atoms with Gasteiger partial charge in [0, 0.05) is 49.2 Å². The third kappa shape index (κ3) is 6.02. The predicted octanol–water partition coefficient (Wildman–Crippen LogP) is 14.2. The molecule has 0 unspecified atom stereocenters. The zero-order valence-electron chi connectivity index (χ0n) is 32.9. The molecule has 12 rings (SSSR count). The van der Waals surface area contributed by atoms with Gasteiger partial charge in [-0.05, 0) is 65.0 Å². The lowest BCUT2D eigenvalue weighted by molar-refractivity contribution is 0.918. The summed E-state index contributed by atoms with van der Waals surface area (Å²) in [4.78, 5) is 15.4. The van der Waals surface area contributed by atoms with Crippen LogP contribution in [0.2, 0.25) is 0 Å². The first-order valence-corrected chi connectivity index (χ1v) is 20.6. The molecule has 12 aromatic rings. The first-order valence-electron chi connectivity index (χ1n) is 20.6. The van der Waals surface area contributed by atoms with Gasteiger partial charge in [-0.15, -0.1) is 0 Å². The van der Waals surface area contributed by atoms with Gasteiger partial charge in [-0.1, -0.05) is 164 Å². The van der Waals surface area contributed by atoms with Crippen molar-refractivity contribution in [3.63, 3.8) is 0 Å². The maximum atomic E-state index is 5.38. The van der Waals surface area contributed by atoms with Crippen LogP contribution in [0.5, 0.6) is 0 Å². The summed E-state index contributed by atoms with van der Waals surface area (Å²) < 4.78 is 2.12. The van der Waals surface area contributed by atoms with Gasteiger partial charge in [0.05, 0.1) is 44.8 Å². The third-order valence-corrected chi connectivity index (χ3v) is 11.8. The van der Waals surface area contributed by atoms with E-state index in [1.54, 1.807) is 0 Å². The van der Waals surface area contributed by atoms with Crippen molar-refractivity contribution >= 4 is 54.4 Å². The standard InChI is InChI=1S/C56H35N5/c1-4-12-36(13-5-1)47-35-42-18-10-11-19-46(42)56-52(47)53(39-16-8-3-9-17-39)60-61(56)45-28-22-38(23-29-45)48-32-26-43-34-44(27-33-50(43)57-48)51-31-25-41-21-20-40-24-30-49(37-14-6-2-7-15-37)58-54(40)55(41)59-51/h1-35H. The minimum atomic E-state index is 0.897. The Hall–Kier alpha value is -8.28. The van der Waals surface area contributed by atoms with Crippen molar-refractivity contribution < 1.29 is 0 Å². The fourth-order valence-corrected chi connectivity index (χ4v) is 8.74. The Balaban J connectivity index is 0.913. The molecule has 0 saturated heterocycles. The van der Waals surface area contributed by atoms with Crippen molar-refractivity contribution in [1.82, 2.24) is 24.7 Å². The molecule has 0 aliphatic rings. The van der Waals surface area contributed by atoms with Crippen LogP contribution >= 0.6 is 0 Å². The Kier molecular flexibility index (Phi) is 8.10. The van der Waals surface area contributed by atoms with Crippen LogP contribution in [-0.4, -0.2) is 24.7 Å². The van der Waals surface area contributed by atoms with Crippen LogP contribution in [0.25, 0.3) is 116 Å². The molecule has 4 heterocycles. The summed E-state index contributed by atoms with van der Waals surface area (Å²) in [5, 5.41) is 12.0. The van der Waals surface area contributed by atoms with E-state index in [1.807, 2.05) is 18.2 Å². The van der Waals surface area contributed by atoms with Gasteiger partial charge >= 0.3 is 0 Å². The number of pyridine rings is 3. The second-order valence-corrected chi connectivity index (χ2v) is 15.5. The highest BCUT2D eigenvalue weighted by Gasteiger charge is 2.21. The number of fused-ring (bicyclic) bond motifs is 7. The molecule has 0 bridgehead atoms. The molecule has 0 amide bonds. The lowest BCUT2D eigenvalue weighted by atomic mass is 9.94. The van der Waals surface area contributed by atoms with Crippen LogP contribution in [0.4, 0.5) is 0 Å². The molecule has 0 aliphatic carbocycles. The van der Waals surface area contributed by atoms with Crippen molar-refractivity contribution in [2.45, 2.75) is 0 Å². The topological polar surface area (TPSA) is 56.5 Å². The third-order valence-electron chi connectivity index (χ3n) is 11.8. The Morgan fingerprint density at radius 1 is 0.344 bits per heavy atom. The molecular formula is C56H35N5. The maximum absolute atomic E-state index is 5.38. The van der Waals surface area contributed by atoms with E-state index in [0.717, 1.165) is 105 Å². The quantitative estimate of drug-likeness (QED) is 0.158. The molecule has 0 aliphatic heterocycles. The highest BCUT2D eigenvalue weighted by Crippen LogP contribution is 2.42. The molecule has 8 aromatic carbocycles. The van der Waals surface area contributed by atoms with Crippen LogP contribution in [-0.2, 0) is 0 Å². The summed E-state index contributed by atoms with van der Waals surface area (Å²) >= 11 is 0. The average molecular weight is 778 g/mol. The van der Waals surface area contributed by atoms with Crippen molar-refractivity contribution in [3.8, 4) is 61.8 Å². The number of nitrogens with zero attached hydrogens (tertiary/aromatic N) is 5. The molecule has 5 nitrogen and oxygen atoms in total. The lowest BCUT2D eigenvalue weighted by Crippen LogP contribution is -1.97. The van der Waals surface area contributed by atoms with E-state index in [2.05, 4.69) is 199 Å². The van der Waals surface area contributed by atoms with Crippen molar-refractivity contribution in [1.29, 1.82) is 0 Å². The van der Waals surface area contributed by atoms with E-state index in [0.29, 0.717) is 0 Å². The highest BCUT2D eigenvalue weighted by atomic mass is 15.3. The summed E-state index contributed by atoms with van der Waals surface area (Å²) in [5.74, 6) is 0. The second kappa shape index (κ2) is 14.2. The first-order chi connectivity index (χ1) is 30.2. The molecule has 0 saturated carbocycles. The van der Waals surface area contributed by atoms with Crippen molar-refractivity contribution in [2.75, 3.05) is 0 Å². The lowest BCUT2D eigenvalue weighted by Gasteiger charge is -2.11. The summed E-state index contributed by atoms with van der Waals surface area (Å²) in [7, 11) is 0. The van der Waals surface area contributed by atoms with E-state index >= 15 is 0 Å². The van der Waals surface area contributed by atoms with E-state index in [-0.39, 0.29) is 0 Å². The predicted molar refractivity (Wildman–Crippen MR) is 252 cm³/mol. The monoisotopic (exact) mass is 777 g/mol. The summed E-state index contributed by atoms with van der Waals surface area (Å²) in [6, 6.07) is 74.3. The summed E-state index contributed by atoms with van der Waals surface area (Å²) in [6.45, 7) is 0. The van der Waals surface area contributed by atoms with E-state index in [1.165, 1.54) is 10.9 Å². The number of hydrogen-bond donors (Lipinski definition) is 0. The molecule has 0 spiro atoms. The van der Waals surface area contributed by atoms with Crippen molar-refractivity contribution in [3.05, 3.63) is 212 Å². The largest absolute Gasteiger partial charge is 0.248 e. The van der Waals surface area contributed by atoms with E-state index in [4.69, 9.17) is 20.1 Å². The molecule has 5 heteroatoms. The van der Waals surface area contributed by atoms with Crippen LogP contribution in [0, 0.1) is 0 Å². The Morgan fingerprint density at radius 3 is 1.56 bits per heavy atom. The molecule has 0 radical (unpaired) electrons. The SMILES string of the molecule is c1ccc(-c2ccc3ccc4ccc(-c5ccc6nc(-c7ccc(-n8nc(-c9ccccc9)c9c(-c%10ccccc%10)cc%10ccccc%10c98)cc7)ccc6c5)nc4c3n2)cc1. The van der Waals surface area contributed by atoms with Crippen LogP contribution in [0.3, 0.4) is 0 Å². The van der Waals surface area contributed by atoms with Gasteiger partial charge in [-0.2, -0.15) is 5.10 Å². The fraction of sp³-hybridized carbons (Fsp3) is 0. The summed E-state index contributed by atoms with van der Waals surface area (Å²) in [6.07, 6.45) is 0. The first kappa shape index (κ1) is 34.7. The number of aromatic nitrogens is 5. The zero-order chi connectivity index (χ0) is 40.3. The van der Waals surface area contributed by atoms with Gasteiger partial charge in [-0.3, -0.25) is 0 Å². The number of hydrogen-bond acceptors (Lipinski definition) is 4. The minimum Gasteiger partial charge on any atom is -0.248 e. The molecule has 4 aromatic heterocycles. The van der Waals surface area contributed by atoms with E-state index in [9.17, 15) is 0 Å². The maximum Gasteiger partial charge on any atom is 0.101 e. The number of benzene rings is 8. The minimum absolute atomic E-state index is 0.897. The van der Waals surface area contributed by atoms with Gasteiger partial charge in [-0.25, -0.2) is 19.6 Å². The van der Waals surface area contributed by atoms with Gasteiger partial charge in [0.15, 0.2) is 0 Å². The fourth-order valence-electron chi connectivity index (χ4n) is 8.74.